The highest BCUT2D eigenvalue weighted by molar-refractivity contribution is 9.10. The van der Waals surface area contributed by atoms with Crippen molar-refractivity contribution in [1.29, 1.82) is 0 Å². The van der Waals surface area contributed by atoms with Crippen molar-refractivity contribution in [2.75, 3.05) is 43.1 Å². The summed E-state index contributed by atoms with van der Waals surface area (Å²) >= 11 is 3.36. The molecule has 13 nitrogen and oxygen atoms in total. The van der Waals surface area contributed by atoms with Crippen LogP contribution in [0.1, 0.15) is 58.1 Å². The van der Waals surface area contributed by atoms with Gasteiger partial charge in [-0.05, 0) is 62.4 Å². The third-order valence-electron chi connectivity index (χ3n) is 10.2. The first-order valence-corrected chi connectivity index (χ1v) is 17.1. The van der Waals surface area contributed by atoms with Crippen LogP contribution < -0.4 is 20.0 Å². The lowest BCUT2D eigenvalue weighted by atomic mass is 9.92. The molecule has 0 spiro atoms. The number of halogens is 2. The molecule has 2 aromatic heterocycles. The molecule has 4 aromatic rings. The van der Waals surface area contributed by atoms with Crippen LogP contribution in [0.3, 0.4) is 0 Å². The minimum Gasteiger partial charge on any atom is -0.492 e. The number of fused-ring (bicyclic) bond motifs is 3. The number of rotatable bonds is 9. The number of ketones is 1. The molecule has 49 heavy (non-hydrogen) atoms. The van der Waals surface area contributed by atoms with Crippen molar-refractivity contribution in [2.24, 2.45) is 5.92 Å². The molecule has 1 N–H and O–H groups in total. The van der Waals surface area contributed by atoms with Gasteiger partial charge < -0.3 is 24.2 Å². The van der Waals surface area contributed by atoms with E-state index in [-0.39, 0.29) is 46.9 Å². The van der Waals surface area contributed by atoms with E-state index in [1.165, 1.54) is 24.3 Å². The van der Waals surface area contributed by atoms with Gasteiger partial charge in [0.1, 0.15) is 11.3 Å². The molecule has 15 heteroatoms. The van der Waals surface area contributed by atoms with Crippen LogP contribution in [0.15, 0.2) is 45.9 Å². The van der Waals surface area contributed by atoms with Gasteiger partial charge in [0.05, 0.1) is 41.5 Å². The van der Waals surface area contributed by atoms with Gasteiger partial charge in [0.15, 0.2) is 11.6 Å². The Balaban J connectivity index is 1.01. The number of aromatic nitrogens is 4. The van der Waals surface area contributed by atoms with Crippen LogP contribution >= 0.6 is 15.9 Å². The SMILES string of the molecule is COc1c(N2C[C@@H]3CCCN(Cc4cn(CCN5C(=O)C(=O)c6cc(Br)ccc65)nn4)[C@@H]3C2)c(F)cc2c(=O)c(C(=O)O)cn(C3CC3)c12. The number of likely N-dealkylation sites (tertiary alicyclic amines) is 1. The van der Waals surface area contributed by atoms with E-state index in [1.807, 2.05) is 11.1 Å². The number of carbonyl (C=O) groups excluding carboxylic acids is 2. The van der Waals surface area contributed by atoms with Crippen molar-refractivity contribution < 1.29 is 28.6 Å². The van der Waals surface area contributed by atoms with Crippen LogP contribution in [0, 0.1) is 11.7 Å². The largest absolute Gasteiger partial charge is 0.492 e. The first-order chi connectivity index (χ1) is 23.6. The number of anilines is 2. The minimum atomic E-state index is -1.34. The van der Waals surface area contributed by atoms with Crippen molar-refractivity contribution in [1.82, 2.24) is 24.5 Å². The number of nitrogens with zero attached hydrogens (tertiary/aromatic N) is 7. The Bertz CT molecular complexity index is 2110. The standard InChI is InChI=1S/C34H33BrFN7O6/c1-49-32-28-23(30(44)24(34(47)48)16-43(28)21-5-6-21)12-25(36)29(32)40-13-18-3-2-8-39(27(18)17-40)14-20-15-41(38-37-20)9-10-42-26-7-4-19(35)11-22(26)31(45)33(42)46/h4,7,11-12,15-16,18,21,27H,2-3,5-6,8-10,13-14,17H2,1H3,(H,47,48)/t18-,27+/m0/s1. The van der Waals surface area contributed by atoms with Crippen LogP contribution in [0.2, 0.25) is 0 Å². The van der Waals surface area contributed by atoms with Crippen LogP contribution in [0.4, 0.5) is 15.8 Å². The molecule has 3 fully saturated rings. The molecule has 254 valence electrons. The molecule has 2 atom stereocenters. The maximum absolute atomic E-state index is 16.0. The highest BCUT2D eigenvalue weighted by Crippen LogP contribution is 2.45. The lowest BCUT2D eigenvalue weighted by Gasteiger charge is -2.36. The zero-order valence-electron chi connectivity index (χ0n) is 26.6. The number of amides is 1. The quantitative estimate of drug-likeness (QED) is 0.252. The summed E-state index contributed by atoms with van der Waals surface area (Å²) in [5, 5.41) is 18.4. The number of hydrogen-bond acceptors (Lipinski definition) is 9. The molecule has 2 saturated heterocycles. The number of methoxy groups -OCH3 is 1. The second-order valence-electron chi connectivity index (χ2n) is 13.2. The second kappa shape index (κ2) is 12.1. The smallest absolute Gasteiger partial charge is 0.341 e. The number of hydrogen-bond donors (Lipinski definition) is 1. The Kier molecular flexibility index (Phi) is 7.78. The number of carboxylic acids is 1. The number of aromatic carboxylic acids is 1. The van der Waals surface area contributed by atoms with E-state index in [9.17, 15) is 24.3 Å². The average Bonchev–Trinajstić information content (AvgIpc) is 3.59. The number of pyridine rings is 1. The van der Waals surface area contributed by atoms with Crippen LogP contribution in [0.25, 0.3) is 10.9 Å². The van der Waals surface area contributed by atoms with Crippen molar-refractivity contribution in [2.45, 2.75) is 50.9 Å². The van der Waals surface area contributed by atoms with E-state index in [2.05, 4.69) is 31.1 Å². The van der Waals surface area contributed by atoms with E-state index in [0.29, 0.717) is 42.9 Å². The molecule has 0 bridgehead atoms. The zero-order chi connectivity index (χ0) is 34.1. The molecule has 1 amide bonds. The van der Waals surface area contributed by atoms with Gasteiger partial charge in [-0.1, -0.05) is 21.1 Å². The van der Waals surface area contributed by atoms with Crippen molar-refractivity contribution in [3.05, 3.63) is 74.0 Å². The zero-order valence-corrected chi connectivity index (χ0v) is 28.2. The maximum atomic E-state index is 16.0. The fourth-order valence-corrected chi connectivity index (χ4v) is 8.16. The predicted octanol–water partition coefficient (Wildman–Crippen LogP) is 3.87. The summed E-state index contributed by atoms with van der Waals surface area (Å²) in [5.74, 6) is -2.52. The highest BCUT2D eigenvalue weighted by Gasteiger charge is 2.42. The van der Waals surface area contributed by atoms with Gasteiger partial charge in [-0.3, -0.25) is 24.0 Å². The Hall–Kier alpha value is -4.63. The van der Waals surface area contributed by atoms with Gasteiger partial charge in [0.25, 0.3) is 11.7 Å². The molecular weight excluding hydrogens is 701 g/mol. The number of carboxylic acid groups (broad SMARTS) is 1. The summed E-state index contributed by atoms with van der Waals surface area (Å²) in [6.45, 7) is 3.17. The minimum absolute atomic E-state index is 0.00389. The first kappa shape index (κ1) is 31.6. The van der Waals surface area contributed by atoms with E-state index in [0.717, 1.165) is 42.4 Å². The van der Waals surface area contributed by atoms with E-state index in [1.54, 1.807) is 27.4 Å². The first-order valence-electron chi connectivity index (χ1n) is 16.3. The van der Waals surface area contributed by atoms with Gasteiger partial charge in [-0.25, -0.2) is 9.18 Å². The summed E-state index contributed by atoms with van der Waals surface area (Å²) in [6, 6.07) is 6.52. The summed E-state index contributed by atoms with van der Waals surface area (Å²) < 4.78 is 26.1. The Morgan fingerprint density at radius 2 is 1.92 bits per heavy atom. The van der Waals surface area contributed by atoms with Gasteiger partial charge >= 0.3 is 5.97 Å². The Morgan fingerprint density at radius 3 is 2.67 bits per heavy atom. The normalized spacial score (nSPS) is 20.7. The third kappa shape index (κ3) is 5.39. The maximum Gasteiger partial charge on any atom is 0.341 e. The van der Waals surface area contributed by atoms with Crippen molar-refractivity contribution >= 4 is 55.9 Å². The topological polar surface area (TPSA) is 143 Å². The molecule has 8 rings (SSSR count). The molecule has 1 saturated carbocycles. The summed E-state index contributed by atoms with van der Waals surface area (Å²) in [7, 11) is 1.46. The van der Waals surface area contributed by atoms with Crippen LogP contribution in [0.5, 0.6) is 5.75 Å². The van der Waals surface area contributed by atoms with Gasteiger partial charge in [-0.15, -0.1) is 5.10 Å². The van der Waals surface area contributed by atoms with E-state index in [4.69, 9.17) is 4.74 Å². The molecule has 0 unspecified atom stereocenters. The molecule has 1 aliphatic carbocycles. The average molecular weight is 735 g/mol. The second-order valence-corrected chi connectivity index (χ2v) is 14.1. The molecule has 3 aliphatic heterocycles. The van der Waals surface area contributed by atoms with Gasteiger partial charge in [-0.2, -0.15) is 0 Å². The number of carbonyl (C=O) groups is 3. The Labute approximate surface area is 287 Å². The third-order valence-corrected chi connectivity index (χ3v) is 10.7. The number of ether oxygens (including phenoxy) is 1. The number of benzene rings is 2. The van der Waals surface area contributed by atoms with Gasteiger partial charge in [0.2, 0.25) is 5.43 Å². The van der Waals surface area contributed by atoms with Crippen molar-refractivity contribution in [3.8, 4) is 5.75 Å². The molecule has 2 aromatic carbocycles. The fraction of sp³-hybridized carbons (Fsp3) is 0.412. The molecule has 4 aliphatic rings. The number of piperidine rings is 1. The lowest BCUT2D eigenvalue weighted by Crippen LogP contribution is -2.44. The van der Waals surface area contributed by atoms with Crippen LogP contribution in [-0.2, 0) is 17.9 Å². The summed E-state index contributed by atoms with van der Waals surface area (Å²) in [6.07, 6.45) is 6.85. The van der Waals surface area contributed by atoms with Crippen molar-refractivity contribution in [3.63, 3.8) is 0 Å². The predicted molar refractivity (Wildman–Crippen MR) is 180 cm³/mol. The van der Waals surface area contributed by atoms with E-state index < -0.39 is 28.9 Å². The molecular formula is C34H33BrFN7O6. The summed E-state index contributed by atoms with van der Waals surface area (Å²) in [4.78, 5) is 56.0. The molecule has 0 radical (unpaired) electrons. The summed E-state index contributed by atoms with van der Waals surface area (Å²) in [5.41, 5.74) is 1.35. The fourth-order valence-electron chi connectivity index (χ4n) is 7.80. The molecule has 5 heterocycles. The Morgan fingerprint density at radius 1 is 1.10 bits per heavy atom. The number of Topliss-reactive ketones (excluding diaryl/α,β-unsaturated/α-hetero) is 1. The van der Waals surface area contributed by atoms with Crippen LogP contribution in [-0.4, -0.2) is 86.6 Å². The monoisotopic (exact) mass is 733 g/mol. The van der Waals surface area contributed by atoms with E-state index >= 15 is 4.39 Å². The van der Waals surface area contributed by atoms with Gasteiger partial charge in [0, 0.05) is 55.1 Å². The lowest BCUT2D eigenvalue weighted by molar-refractivity contribution is -0.114. The highest BCUT2D eigenvalue weighted by atomic mass is 79.9.